The van der Waals surface area contributed by atoms with Crippen LogP contribution in [0.1, 0.15) is 54.6 Å². The molecule has 3 aliphatic heterocycles. The number of nitrogens with zero attached hydrogens (tertiary/aromatic N) is 2. The summed E-state index contributed by atoms with van der Waals surface area (Å²) in [5.74, 6) is 0.864. The first-order chi connectivity index (χ1) is 7.83. The van der Waals surface area contributed by atoms with Crippen molar-refractivity contribution in [3.8, 4) is 0 Å². The molecule has 0 N–H and O–H groups in total. The fraction of sp³-hybridized carbons (Fsp3) is 0.714. The van der Waals surface area contributed by atoms with E-state index in [4.69, 9.17) is 0 Å². The normalized spacial score (nSPS) is 32.6. The third-order valence-electron chi connectivity index (χ3n) is 4.63. The Balaban J connectivity index is 1.87. The highest BCUT2D eigenvalue weighted by Crippen LogP contribution is 2.44. The standard InChI is InChI=1S/C14H20N2/c1-10-8-12-9-15-6-4-11(5-7-15)14(12)16(10)13-2-3-13/h8,11,13H,2-7,9H2,1H3. The molecule has 0 amide bonds. The fourth-order valence-electron chi connectivity index (χ4n) is 3.75. The lowest BCUT2D eigenvalue weighted by Gasteiger charge is -2.27. The zero-order valence-electron chi connectivity index (χ0n) is 10.1. The Bertz CT molecular complexity index is 420. The van der Waals surface area contributed by atoms with Gasteiger partial charge in [-0.3, -0.25) is 4.90 Å². The molecule has 86 valence electrons. The van der Waals surface area contributed by atoms with Crippen LogP contribution in [0, 0.1) is 6.92 Å². The summed E-state index contributed by atoms with van der Waals surface area (Å²) in [5, 5.41) is 0. The highest BCUT2D eigenvalue weighted by molar-refractivity contribution is 5.34. The number of aryl methyl sites for hydroxylation is 1. The van der Waals surface area contributed by atoms with Gasteiger partial charge in [-0.15, -0.1) is 0 Å². The molecule has 4 aliphatic rings. The van der Waals surface area contributed by atoms with Crippen LogP contribution in [-0.4, -0.2) is 22.6 Å². The number of hydrogen-bond acceptors (Lipinski definition) is 1. The van der Waals surface area contributed by atoms with E-state index in [9.17, 15) is 0 Å². The minimum absolute atomic E-state index is 0.857. The lowest BCUT2D eigenvalue weighted by molar-refractivity contribution is 0.218. The van der Waals surface area contributed by atoms with E-state index in [1.54, 1.807) is 11.3 Å². The van der Waals surface area contributed by atoms with E-state index in [1.165, 1.54) is 51.0 Å². The summed E-state index contributed by atoms with van der Waals surface area (Å²) in [7, 11) is 0. The van der Waals surface area contributed by atoms with Crippen molar-refractivity contribution in [2.75, 3.05) is 13.1 Å². The molecule has 5 rings (SSSR count). The average molecular weight is 216 g/mol. The van der Waals surface area contributed by atoms with Crippen LogP contribution in [-0.2, 0) is 6.54 Å². The average Bonchev–Trinajstić information content (AvgIpc) is 3.08. The van der Waals surface area contributed by atoms with Gasteiger partial charge in [-0.1, -0.05) is 0 Å². The molecule has 1 aromatic heterocycles. The van der Waals surface area contributed by atoms with Gasteiger partial charge in [-0.25, -0.2) is 0 Å². The number of piperidine rings is 1. The van der Waals surface area contributed by atoms with E-state index in [2.05, 4.69) is 22.5 Å². The Hall–Kier alpha value is -0.760. The highest BCUT2D eigenvalue weighted by Gasteiger charge is 2.35. The molecule has 2 fully saturated rings. The Labute approximate surface area is 97.2 Å². The molecule has 1 aliphatic carbocycles. The predicted octanol–water partition coefficient (Wildman–Crippen LogP) is 2.82. The van der Waals surface area contributed by atoms with Gasteiger partial charge in [0.2, 0.25) is 0 Å². The Morgan fingerprint density at radius 1 is 1.12 bits per heavy atom. The Morgan fingerprint density at radius 3 is 2.56 bits per heavy atom. The van der Waals surface area contributed by atoms with Crippen LogP contribution in [0.25, 0.3) is 0 Å². The molecule has 0 atom stereocenters. The molecule has 0 aromatic carbocycles. The molecule has 2 heteroatoms. The maximum atomic E-state index is 2.69. The molecule has 2 bridgehead atoms. The molecular formula is C14H20N2. The van der Waals surface area contributed by atoms with Gasteiger partial charge in [0.25, 0.3) is 0 Å². The minimum Gasteiger partial charge on any atom is -0.345 e. The van der Waals surface area contributed by atoms with Crippen LogP contribution in [0.15, 0.2) is 6.07 Å². The van der Waals surface area contributed by atoms with Gasteiger partial charge in [-0.2, -0.15) is 0 Å². The van der Waals surface area contributed by atoms with Crippen molar-refractivity contribution < 1.29 is 0 Å². The molecule has 1 saturated carbocycles. The number of rotatable bonds is 1. The van der Waals surface area contributed by atoms with E-state index in [1.807, 2.05) is 0 Å². The van der Waals surface area contributed by atoms with Crippen LogP contribution in [0.5, 0.6) is 0 Å². The van der Waals surface area contributed by atoms with Crippen molar-refractivity contribution in [2.45, 2.75) is 51.1 Å². The van der Waals surface area contributed by atoms with Gasteiger partial charge < -0.3 is 4.57 Å². The molecule has 0 spiro atoms. The molecule has 0 unspecified atom stereocenters. The van der Waals surface area contributed by atoms with Gasteiger partial charge in [0.05, 0.1) is 0 Å². The second-order valence-corrected chi connectivity index (χ2v) is 5.85. The topological polar surface area (TPSA) is 8.17 Å². The maximum absolute atomic E-state index is 2.69. The zero-order valence-corrected chi connectivity index (χ0v) is 10.1. The van der Waals surface area contributed by atoms with E-state index in [0.717, 1.165) is 12.0 Å². The molecule has 1 aromatic rings. The molecule has 1 saturated heterocycles. The summed E-state index contributed by atoms with van der Waals surface area (Å²) < 4.78 is 2.69. The fourth-order valence-corrected chi connectivity index (χ4v) is 3.75. The number of hydrogen-bond donors (Lipinski definition) is 0. The first-order valence-corrected chi connectivity index (χ1v) is 6.76. The number of fused-ring (bicyclic) bond motifs is 2. The second-order valence-electron chi connectivity index (χ2n) is 5.85. The van der Waals surface area contributed by atoms with Crippen molar-refractivity contribution >= 4 is 0 Å². The van der Waals surface area contributed by atoms with Crippen molar-refractivity contribution in [1.29, 1.82) is 0 Å². The first-order valence-electron chi connectivity index (χ1n) is 6.76. The van der Waals surface area contributed by atoms with Gasteiger partial charge in [0, 0.05) is 29.9 Å². The molecular weight excluding hydrogens is 196 g/mol. The third-order valence-corrected chi connectivity index (χ3v) is 4.63. The summed E-state index contributed by atoms with van der Waals surface area (Å²) in [5.41, 5.74) is 4.88. The Kier molecular flexibility index (Phi) is 1.82. The summed E-state index contributed by atoms with van der Waals surface area (Å²) >= 11 is 0. The minimum atomic E-state index is 0.857. The molecule has 0 radical (unpaired) electrons. The van der Waals surface area contributed by atoms with E-state index >= 15 is 0 Å². The Morgan fingerprint density at radius 2 is 1.88 bits per heavy atom. The van der Waals surface area contributed by atoms with Crippen molar-refractivity contribution in [3.05, 3.63) is 23.0 Å². The van der Waals surface area contributed by atoms with Gasteiger partial charge >= 0.3 is 0 Å². The van der Waals surface area contributed by atoms with Gasteiger partial charge in [-0.05, 0) is 57.3 Å². The quantitative estimate of drug-likeness (QED) is 0.701. The largest absolute Gasteiger partial charge is 0.345 e. The molecule has 4 heterocycles. The first kappa shape index (κ1) is 9.29. The summed E-state index contributed by atoms with van der Waals surface area (Å²) in [4.78, 5) is 2.64. The highest BCUT2D eigenvalue weighted by atomic mass is 15.2. The molecule has 2 nitrogen and oxygen atoms in total. The summed E-state index contributed by atoms with van der Waals surface area (Å²) in [6, 6.07) is 3.32. The van der Waals surface area contributed by atoms with Crippen LogP contribution < -0.4 is 0 Å². The monoisotopic (exact) mass is 216 g/mol. The van der Waals surface area contributed by atoms with E-state index < -0.39 is 0 Å². The van der Waals surface area contributed by atoms with Gasteiger partial charge in [0.1, 0.15) is 0 Å². The van der Waals surface area contributed by atoms with Crippen molar-refractivity contribution in [2.24, 2.45) is 0 Å². The zero-order chi connectivity index (χ0) is 10.7. The van der Waals surface area contributed by atoms with Crippen LogP contribution >= 0.6 is 0 Å². The van der Waals surface area contributed by atoms with Gasteiger partial charge in [0.15, 0.2) is 0 Å². The lowest BCUT2D eigenvalue weighted by atomic mass is 9.94. The maximum Gasteiger partial charge on any atom is 0.0337 e. The summed E-state index contributed by atoms with van der Waals surface area (Å²) in [6.07, 6.45) is 5.61. The number of aromatic nitrogens is 1. The summed E-state index contributed by atoms with van der Waals surface area (Å²) in [6.45, 7) is 6.16. The third kappa shape index (κ3) is 1.22. The second kappa shape index (κ2) is 3.13. The molecule has 16 heavy (non-hydrogen) atoms. The predicted molar refractivity (Wildman–Crippen MR) is 64.7 cm³/mol. The van der Waals surface area contributed by atoms with Crippen LogP contribution in [0.3, 0.4) is 0 Å². The van der Waals surface area contributed by atoms with Crippen LogP contribution in [0.2, 0.25) is 0 Å². The smallest absolute Gasteiger partial charge is 0.0337 e. The SMILES string of the molecule is Cc1cc2c(n1C1CC1)C1CCN(CC1)C2. The van der Waals surface area contributed by atoms with Crippen molar-refractivity contribution in [3.63, 3.8) is 0 Å². The lowest BCUT2D eigenvalue weighted by Crippen LogP contribution is -2.29. The van der Waals surface area contributed by atoms with E-state index in [0.29, 0.717) is 0 Å². The van der Waals surface area contributed by atoms with Crippen molar-refractivity contribution in [1.82, 2.24) is 9.47 Å². The van der Waals surface area contributed by atoms with E-state index in [-0.39, 0.29) is 0 Å². The van der Waals surface area contributed by atoms with Crippen LogP contribution in [0.4, 0.5) is 0 Å².